The third-order valence-electron chi connectivity index (χ3n) is 1.37. The lowest BCUT2D eigenvalue weighted by Gasteiger charge is -2.02. The molecular formula is C7H8N2O3S. The predicted molar refractivity (Wildman–Crippen MR) is 46.2 cm³/mol. The summed E-state index contributed by atoms with van der Waals surface area (Å²) in [5.41, 5.74) is -0.176. The molecule has 0 amide bonds. The van der Waals surface area contributed by atoms with Crippen LogP contribution in [0.1, 0.15) is 10.4 Å². The van der Waals surface area contributed by atoms with Crippen LogP contribution in [0.4, 0.5) is 0 Å². The lowest BCUT2D eigenvalue weighted by Crippen LogP contribution is -2.08. The van der Waals surface area contributed by atoms with Crippen molar-refractivity contribution in [3.63, 3.8) is 0 Å². The Hall–Kier alpha value is -1.43. The molecule has 0 saturated carbocycles. The predicted octanol–water partition coefficient (Wildman–Crippen LogP) is 0.815. The maximum Gasteiger partial charge on any atom is 0.338 e. The van der Waals surface area contributed by atoms with E-state index in [1.165, 1.54) is 18.3 Å². The molecule has 1 rings (SSSR count). The van der Waals surface area contributed by atoms with Gasteiger partial charge < -0.3 is 5.11 Å². The van der Waals surface area contributed by atoms with E-state index in [1.807, 2.05) is 0 Å². The molecule has 0 fully saturated rings. The zero-order chi connectivity index (χ0) is 10.1. The van der Waals surface area contributed by atoms with Crippen LogP contribution in [0.5, 0.6) is 0 Å². The lowest BCUT2D eigenvalue weighted by atomic mass is 10.3. The molecule has 70 valence electrons. The molecule has 1 atom stereocenters. The van der Waals surface area contributed by atoms with Crippen molar-refractivity contribution in [2.45, 2.75) is 5.03 Å². The molecular weight excluding hydrogens is 192 g/mol. The number of carboxylic acids is 1. The first-order chi connectivity index (χ1) is 5.93. The van der Waals surface area contributed by atoms with Gasteiger partial charge in [-0.15, -0.1) is 0 Å². The van der Waals surface area contributed by atoms with Crippen LogP contribution in [0.15, 0.2) is 23.4 Å². The summed E-state index contributed by atoms with van der Waals surface area (Å²) in [7, 11) is -3.07. The number of nitrogens with one attached hydrogen (secondary N) is 1. The topological polar surface area (TPSA) is 91.1 Å². The van der Waals surface area contributed by atoms with E-state index >= 15 is 0 Å². The van der Waals surface area contributed by atoms with Crippen molar-refractivity contribution in [3.05, 3.63) is 23.9 Å². The summed E-state index contributed by atoms with van der Waals surface area (Å²) in [5, 5.41) is 8.50. The highest BCUT2D eigenvalue weighted by Gasteiger charge is 2.15. The summed E-state index contributed by atoms with van der Waals surface area (Å²) >= 11 is 0. The fourth-order valence-corrected chi connectivity index (χ4v) is 1.70. The van der Waals surface area contributed by atoms with Crippen molar-refractivity contribution >= 4 is 15.7 Å². The number of rotatable bonds is 2. The third-order valence-corrected chi connectivity index (χ3v) is 2.43. The summed E-state index contributed by atoms with van der Waals surface area (Å²) in [4.78, 5) is 14.2. The monoisotopic (exact) mass is 200 g/mol. The van der Waals surface area contributed by atoms with Crippen LogP contribution in [0.3, 0.4) is 0 Å². The molecule has 1 heterocycles. The van der Waals surface area contributed by atoms with Gasteiger partial charge in [0, 0.05) is 12.5 Å². The van der Waals surface area contributed by atoms with Crippen molar-refractivity contribution in [2.75, 3.05) is 6.26 Å². The third kappa shape index (κ3) is 2.03. The number of carbonyl (C=O) groups is 1. The first-order valence-electron chi connectivity index (χ1n) is 3.35. The molecule has 0 aliphatic heterocycles. The SMILES string of the molecule is C[S@@](=N)(=O)c1ncccc1C(=O)O. The molecule has 0 unspecified atom stereocenters. The minimum absolute atomic E-state index is 0.176. The highest BCUT2D eigenvalue weighted by atomic mass is 32.2. The molecule has 2 N–H and O–H groups in total. The van der Waals surface area contributed by atoms with Crippen LogP contribution in [0.25, 0.3) is 0 Å². The molecule has 0 aromatic carbocycles. The van der Waals surface area contributed by atoms with Gasteiger partial charge in [0.15, 0.2) is 0 Å². The molecule has 6 heteroatoms. The number of carboxylic acid groups (broad SMARTS) is 1. The standard InChI is InChI=1S/C7H8N2O3S/c1-13(8,12)6-5(7(10)11)3-2-4-9-6/h2-4,8H,1H3,(H,10,11)/t13-/m1/s1. The molecule has 0 aliphatic carbocycles. The Kier molecular flexibility index (Phi) is 2.33. The molecule has 1 aromatic heterocycles. The quantitative estimate of drug-likeness (QED) is 0.739. The van der Waals surface area contributed by atoms with Crippen LogP contribution in [-0.4, -0.2) is 26.5 Å². The zero-order valence-electron chi connectivity index (χ0n) is 6.85. The van der Waals surface area contributed by atoms with Gasteiger partial charge in [-0.3, -0.25) is 0 Å². The average molecular weight is 200 g/mol. The van der Waals surface area contributed by atoms with Gasteiger partial charge in [-0.25, -0.2) is 18.8 Å². The van der Waals surface area contributed by atoms with E-state index in [4.69, 9.17) is 9.89 Å². The maximum atomic E-state index is 11.3. The Morgan fingerprint density at radius 3 is 2.69 bits per heavy atom. The molecule has 0 spiro atoms. The Labute approximate surface area is 75.4 Å². The molecule has 0 radical (unpaired) electrons. The molecule has 0 aliphatic rings. The Morgan fingerprint density at radius 2 is 2.31 bits per heavy atom. The van der Waals surface area contributed by atoms with Gasteiger partial charge >= 0.3 is 5.97 Å². The molecule has 5 nitrogen and oxygen atoms in total. The van der Waals surface area contributed by atoms with Gasteiger partial charge in [0.05, 0.1) is 15.3 Å². The highest BCUT2D eigenvalue weighted by molar-refractivity contribution is 7.91. The van der Waals surface area contributed by atoms with Gasteiger partial charge in [-0.05, 0) is 12.1 Å². The van der Waals surface area contributed by atoms with Gasteiger partial charge in [-0.1, -0.05) is 0 Å². The Balaban J connectivity index is 3.46. The number of aromatic carboxylic acids is 1. The van der Waals surface area contributed by atoms with Gasteiger partial charge in [0.2, 0.25) is 0 Å². The summed E-state index contributed by atoms with van der Waals surface area (Å²) in [6.07, 6.45) is 2.46. The normalized spacial score (nSPS) is 14.8. The fraction of sp³-hybridized carbons (Fsp3) is 0.143. The zero-order valence-corrected chi connectivity index (χ0v) is 7.67. The van der Waals surface area contributed by atoms with Crippen LogP contribution in [-0.2, 0) is 9.73 Å². The highest BCUT2D eigenvalue weighted by Crippen LogP contribution is 2.11. The smallest absolute Gasteiger partial charge is 0.338 e. The van der Waals surface area contributed by atoms with E-state index < -0.39 is 15.7 Å². The van der Waals surface area contributed by atoms with Crippen LogP contribution < -0.4 is 0 Å². The van der Waals surface area contributed by atoms with Crippen LogP contribution in [0, 0.1) is 4.78 Å². The van der Waals surface area contributed by atoms with Crippen molar-refractivity contribution in [2.24, 2.45) is 0 Å². The van der Waals surface area contributed by atoms with E-state index in [1.54, 1.807) is 0 Å². The summed E-state index contributed by atoms with van der Waals surface area (Å²) in [6, 6.07) is 2.71. The minimum Gasteiger partial charge on any atom is -0.478 e. The second-order valence-corrected chi connectivity index (χ2v) is 4.58. The minimum atomic E-state index is -3.07. The number of aromatic nitrogens is 1. The number of hydrogen-bond donors (Lipinski definition) is 2. The molecule has 0 saturated heterocycles. The second-order valence-electron chi connectivity index (χ2n) is 2.50. The second kappa shape index (κ2) is 3.14. The van der Waals surface area contributed by atoms with E-state index in [0.717, 1.165) is 6.26 Å². The largest absolute Gasteiger partial charge is 0.478 e. The van der Waals surface area contributed by atoms with E-state index in [2.05, 4.69) is 4.98 Å². The first kappa shape index (κ1) is 9.66. The Bertz CT molecular complexity index is 439. The molecule has 13 heavy (non-hydrogen) atoms. The summed E-state index contributed by atoms with van der Waals surface area (Å²) in [6.45, 7) is 0. The van der Waals surface area contributed by atoms with Gasteiger partial charge in [-0.2, -0.15) is 0 Å². The first-order valence-corrected chi connectivity index (χ1v) is 5.31. The maximum absolute atomic E-state index is 11.3. The number of nitrogens with zero attached hydrogens (tertiary/aromatic N) is 1. The van der Waals surface area contributed by atoms with E-state index in [9.17, 15) is 9.00 Å². The van der Waals surface area contributed by atoms with Crippen molar-refractivity contribution in [1.29, 1.82) is 4.78 Å². The van der Waals surface area contributed by atoms with E-state index in [-0.39, 0.29) is 10.6 Å². The Morgan fingerprint density at radius 1 is 1.69 bits per heavy atom. The van der Waals surface area contributed by atoms with E-state index in [0.29, 0.717) is 0 Å². The van der Waals surface area contributed by atoms with Crippen LogP contribution >= 0.6 is 0 Å². The van der Waals surface area contributed by atoms with Crippen LogP contribution in [0.2, 0.25) is 0 Å². The van der Waals surface area contributed by atoms with Gasteiger partial charge in [0.1, 0.15) is 5.03 Å². The number of pyridine rings is 1. The van der Waals surface area contributed by atoms with Crippen molar-refractivity contribution in [1.82, 2.24) is 4.98 Å². The van der Waals surface area contributed by atoms with Gasteiger partial charge in [0.25, 0.3) is 0 Å². The molecule has 1 aromatic rings. The number of hydrogen-bond acceptors (Lipinski definition) is 4. The fourth-order valence-electron chi connectivity index (χ4n) is 0.864. The van der Waals surface area contributed by atoms with Crippen molar-refractivity contribution in [3.8, 4) is 0 Å². The summed E-state index contributed by atoms with van der Waals surface area (Å²) < 4.78 is 18.5. The average Bonchev–Trinajstić information content (AvgIpc) is 2.03. The van der Waals surface area contributed by atoms with Crippen molar-refractivity contribution < 1.29 is 14.1 Å². The summed E-state index contributed by atoms with van der Waals surface area (Å²) in [5.74, 6) is -1.22. The molecule has 0 bridgehead atoms. The lowest BCUT2D eigenvalue weighted by molar-refractivity contribution is 0.0692.